The maximum Gasteiger partial charge on any atom is 0.349 e. The number of halogens is 1. The molecule has 0 N–H and O–H groups in total. The number of ether oxygens (including phenoxy) is 2. The third-order valence-electron chi connectivity index (χ3n) is 4.40. The smallest absolute Gasteiger partial charge is 0.349 e. The lowest BCUT2D eigenvalue weighted by molar-refractivity contribution is -0.232. The number of hydrogen-bond acceptors (Lipinski definition) is 5. The van der Waals surface area contributed by atoms with Crippen LogP contribution in [0.25, 0.3) is 17.4 Å². The van der Waals surface area contributed by atoms with Crippen molar-refractivity contribution >= 4 is 33.9 Å². The Bertz CT molecular complexity index is 834. The zero-order valence-corrected chi connectivity index (χ0v) is 14.9. The van der Waals surface area contributed by atoms with Gasteiger partial charge in [-0.25, -0.2) is 9.59 Å². The molecular formula is C19H15BrO5. The van der Waals surface area contributed by atoms with Crippen LogP contribution in [0.1, 0.15) is 31.4 Å². The second-order valence-electron chi connectivity index (χ2n) is 6.16. The van der Waals surface area contributed by atoms with E-state index in [-0.39, 0.29) is 5.57 Å². The molecule has 2 aromatic rings. The third kappa shape index (κ3) is 3.14. The second kappa shape index (κ2) is 6.19. The first-order valence-electron chi connectivity index (χ1n) is 8.09. The van der Waals surface area contributed by atoms with E-state index in [2.05, 4.69) is 15.9 Å². The fraction of sp³-hybridized carbons (Fsp3) is 0.263. The zero-order valence-electron chi connectivity index (χ0n) is 13.3. The number of hydrogen-bond donors (Lipinski definition) is 0. The van der Waals surface area contributed by atoms with Gasteiger partial charge in [0.05, 0.1) is 0 Å². The molecule has 2 aliphatic rings. The van der Waals surface area contributed by atoms with Gasteiger partial charge < -0.3 is 13.9 Å². The number of carbonyl (C=O) groups excluding carboxylic acids is 2. The number of furan rings is 1. The number of carbonyl (C=O) groups is 2. The molecule has 2 heterocycles. The summed E-state index contributed by atoms with van der Waals surface area (Å²) in [6, 6.07) is 11.1. The lowest BCUT2D eigenvalue weighted by atomic mass is 10.1. The molecule has 5 nitrogen and oxygen atoms in total. The van der Waals surface area contributed by atoms with Gasteiger partial charge in [0, 0.05) is 29.0 Å². The van der Waals surface area contributed by atoms with E-state index in [1.54, 1.807) is 12.1 Å². The Kier molecular flexibility index (Phi) is 4.00. The molecule has 0 atom stereocenters. The first-order valence-corrected chi connectivity index (χ1v) is 8.88. The summed E-state index contributed by atoms with van der Waals surface area (Å²) in [5, 5.41) is 0. The van der Waals surface area contributed by atoms with Gasteiger partial charge in [-0.05, 0) is 37.1 Å². The van der Waals surface area contributed by atoms with Crippen molar-refractivity contribution in [3.63, 3.8) is 0 Å². The van der Waals surface area contributed by atoms with Gasteiger partial charge in [-0.2, -0.15) is 0 Å². The van der Waals surface area contributed by atoms with Gasteiger partial charge >= 0.3 is 11.9 Å². The number of benzene rings is 1. The normalized spacial score (nSPS) is 19.0. The largest absolute Gasteiger partial charge is 0.457 e. The molecule has 128 valence electrons. The van der Waals surface area contributed by atoms with Crippen LogP contribution in [0.4, 0.5) is 0 Å². The summed E-state index contributed by atoms with van der Waals surface area (Å²) < 4.78 is 17.5. The van der Waals surface area contributed by atoms with Crippen LogP contribution in [-0.2, 0) is 19.1 Å². The van der Waals surface area contributed by atoms with Gasteiger partial charge in [-0.3, -0.25) is 0 Å². The van der Waals surface area contributed by atoms with Gasteiger partial charge in [-0.1, -0.05) is 28.1 Å². The lowest BCUT2D eigenvalue weighted by Gasteiger charge is -2.32. The number of esters is 2. The van der Waals surface area contributed by atoms with Crippen LogP contribution >= 0.6 is 15.9 Å². The Morgan fingerprint density at radius 1 is 0.920 bits per heavy atom. The van der Waals surface area contributed by atoms with Gasteiger partial charge in [0.2, 0.25) is 0 Å². The minimum atomic E-state index is -1.06. The SMILES string of the molecule is O=C1OC2(CCCC2)OC(=O)C1=Cc1ccc(-c2ccc(Br)cc2)o1. The summed E-state index contributed by atoms with van der Waals surface area (Å²) in [7, 11) is 0. The Morgan fingerprint density at radius 2 is 1.56 bits per heavy atom. The average molecular weight is 403 g/mol. The van der Waals surface area contributed by atoms with Crippen molar-refractivity contribution in [1.29, 1.82) is 0 Å². The molecule has 1 aromatic heterocycles. The Labute approximate surface area is 152 Å². The molecule has 1 spiro atoms. The van der Waals surface area contributed by atoms with Crippen molar-refractivity contribution in [2.24, 2.45) is 0 Å². The van der Waals surface area contributed by atoms with Crippen LogP contribution in [-0.4, -0.2) is 17.7 Å². The van der Waals surface area contributed by atoms with Crippen LogP contribution in [0.3, 0.4) is 0 Å². The topological polar surface area (TPSA) is 65.7 Å². The molecule has 0 amide bonds. The number of rotatable bonds is 2. The van der Waals surface area contributed by atoms with E-state index < -0.39 is 17.7 Å². The summed E-state index contributed by atoms with van der Waals surface area (Å²) in [5.74, 6) is -1.33. The molecule has 6 heteroatoms. The Hall–Kier alpha value is -2.34. The van der Waals surface area contributed by atoms with Crippen LogP contribution < -0.4 is 0 Å². The molecule has 1 saturated carbocycles. The van der Waals surface area contributed by atoms with E-state index in [4.69, 9.17) is 13.9 Å². The molecule has 1 aliphatic heterocycles. The maximum atomic E-state index is 12.2. The van der Waals surface area contributed by atoms with Crippen molar-refractivity contribution in [3.05, 3.63) is 52.2 Å². The molecule has 2 fully saturated rings. The zero-order chi connectivity index (χ0) is 17.4. The minimum absolute atomic E-state index is 0.144. The van der Waals surface area contributed by atoms with E-state index in [1.165, 1.54) is 6.08 Å². The monoisotopic (exact) mass is 402 g/mol. The van der Waals surface area contributed by atoms with Crippen molar-refractivity contribution in [2.75, 3.05) is 0 Å². The molecule has 1 aliphatic carbocycles. The highest BCUT2D eigenvalue weighted by atomic mass is 79.9. The summed E-state index contributed by atoms with van der Waals surface area (Å²) in [6.07, 6.45) is 4.26. The van der Waals surface area contributed by atoms with Gasteiger partial charge in [0.1, 0.15) is 17.1 Å². The Balaban J connectivity index is 1.58. The molecule has 25 heavy (non-hydrogen) atoms. The van der Waals surface area contributed by atoms with E-state index in [1.807, 2.05) is 24.3 Å². The quantitative estimate of drug-likeness (QED) is 0.421. The lowest BCUT2D eigenvalue weighted by Crippen LogP contribution is -2.44. The predicted octanol–water partition coefficient (Wildman–Crippen LogP) is 4.46. The van der Waals surface area contributed by atoms with E-state index in [0.717, 1.165) is 22.9 Å². The summed E-state index contributed by atoms with van der Waals surface area (Å²) in [5.41, 5.74) is 0.751. The van der Waals surface area contributed by atoms with Gasteiger partial charge in [-0.15, -0.1) is 0 Å². The molecule has 1 saturated heterocycles. The standard InChI is InChI=1S/C19H15BrO5/c20-13-5-3-12(4-6-13)16-8-7-14(23-16)11-15-17(21)24-19(25-18(15)22)9-1-2-10-19/h3-8,11H,1-2,9-10H2. The molecule has 0 unspecified atom stereocenters. The van der Waals surface area contributed by atoms with Crippen LogP contribution in [0.15, 0.2) is 50.9 Å². The highest BCUT2D eigenvalue weighted by Crippen LogP contribution is 2.38. The maximum absolute atomic E-state index is 12.2. The molecule has 0 bridgehead atoms. The van der Waals surface area contributed by atoms with Crippen LogP contribution in [0.5, 0.6) is 0 Å². The van der Waals surface area contributed by atoms with Crippen molar-refractivity contribution in [3.8, 4) is 11.3 Å². The van der Waals surface area contributed by atoms with E-state index in [9.17, 15) is 9.59 Å². The third-order valence-corrected chi connectivity index (χ3v) is 4.93. The molecule has 4 rings (SSSR count). The highest BCUT2D eigenvalue weighted by Gasteiger charge is 2.48. The Morgan fingerprint density at radius 3 is 2.20 bits per heavy atom. The van der Waals surface area contributed by atoms with Gasteiger partial charge in [0.25, 0.3) is 5.79 Å². The summed E-state index contributed by atoms with van der Waals surface area (Å²) >= 11 is 3.38. The summed E-state index contributed by atoms with van der Waals surface area (Å²) in [6.45, 7) is 0. The molecular weight excluding hydrogens is 388 g/mol. The van der Waals surface area contributed by atoms with Crippen molar-refractivity contribution in [1.82, 2.24) is 0 Å². The van der Waals surface area contributed by atoms with Crippen molar-refractivity contribution in [2.45, 2.75) is 31.5 Å². The first kappa shape index (κ1) is 16.1. The predicted molar refractivity (Wildman–Crippen MR) is 93.2 cm³/mol. The van der Waals surface area contributed by atoms with E-state index >= 15 is 0 Å². The van der Waals surface area contributed by atoms with Crippen molar-refractivity contribution < 1.29 is 23.5 Å². The van der Waals surface area contributed by atoms with E-state index in [0.29, 0.717) is 24.4 Å². The summed E-state index contributed by atoms with van der Waals surface area (Å²) in [4.78, 5) is 24.5. The minimum Gasteiger partial charge on any atom is -0.457 e. The van der Waals surface area contributed by atoms with Crippen LogP contribution in [0, 0.1) is 0 Å². The second-order valence-corrected chi connectivity index (χ2v) is 7.08. The molecule has 1 aromatic carbocycles. The fourth-order valence-corrected chi connectivity index (χ4v) is 3.39. The molecule has 0 radical (unpaired) electrons. The highest BCUT2D eigenvalue weighted by molar-refractivity contribution is 9.10. The van der Waals surface area contributed by atoms with Crippen LogP contribution in [0.2, 0.25) is 0 Å². The average Bonchev–Trinajstić information content (AvgIpc) is 3.22. The first-order chi connectivity index (χ1) is 12.0. The fourth-order valence-electron chi connectivity index (χ4n) is 3.13. The van der Waals surface area contributed by atoms with Gasteiger partial charge in [0.15, 0.2) is 0 Å².